The summed E-state index contributed by atoms with van der Waals surface area (Å²) >= 11 is 0. The van der Waals surface area contributed by atoms with Gasteiger partial charge in [0.2, 0.25) is 11.8 Å². The molecular weight excluding hydrogens is 310 g/mol. The molecule has 2 aliphatic heterocycles. The van der Waals surface area contributed by atoms with E-state index in [4.69, 9.17) is 0 Å². The normalized spacial score (nSPS) is 20.6. The summed E-state index contributed by atoms with van der Waals surface area (Å²) < 4.78 is 2.95. The fraction of sp³-hybridized carbons (Fsp3) is 0.750. The second kappa shape index (κ2) is 6.78. The van der Waals surface area contributed by atoms with Gasteiger partial charge in [0.1, 0.15) is 18.4 Å². The van der Waals surface area contributed by atoms with E-state index in [0.717, 1.165) is 37.9 Å². The number of nitrogens with zero attached hydrogens (tertiary/aromatic N) is 5. The molecule has 0 N–H and O–H groups in total. The summed E-state index contributed by atoms with van der Waals surface area (Å²) in [5.74, 6) is 0.504. The molecule has 132 valence electrons. The van der Waals surface area contributed by atoms with E-state index in [1.54, 1.807) is 23.6 Å². The van der Waals surface area contributed by atoms with Crippen LogP contribution < -0.4 is 5.69 Å². The van der Waals surface area contributed by atoms with Crippen molar-refractivity contribution in [2.45, 2.75) is 57.7 Å². The van der Waals surface area contributed by atoms with Crippen LogP contribution in [-0.4, -0.2) is 62.6 Å². The third-order valence-corrected chi connectivity index (χ3v) is 4.87. The first-order valence-corrected chi connectivity index (χ1v) is 8.66. The summed E-state index contributed by atoms with van der Waals surface area (Å²) in [6.45, 7) is 1.15. The SMILES string of the molecule is CN(C)C(=O)C1CCCN1C(=O)Cn1nc2n(c1=O)CCCCC2. The van der Waals surface area contributed by atoms with Crippen molar-refractivity contribution in [2.24, 2.45) is 0 Å². The summed E-state index contributed by atoms with van der Waals surface area (Å²) in [6.07, 6.45) is 5.36. The largest absolute Gasteiger partial charge is 0.347 e. The Morgan fingerprint density at radius 1 is 1.17 bits per heavy atom. The number of likely N-dealkylation sites (tertiary alicyclic amines) is 1. The van der Waals surface area contributed by atoms with Gasteiger partial charge in [-0.3, -0.25) is 14.2 Å². The average Bonchev–Trinajstić information content (AvgIpc) is 3.06. The van der Waals surface area contributed by atoms with Crippen molar-refractivity contribution in [1.29, 1.82) is 0 Å². The third-order valence-electron chi connectivity index (χ3n) is 4.87. The van der Waals surface area contributed by atoms with E-state index < -0.39 is 6.04 Å². The number of hydrogen-bond acceptors (Lipinski definition) is 4. The first kappa shape index (κ1) is 16.7. The molecule has 0 spiro atoms. The summed E-state index contributed by atoms with van der Waals surface area (Å²) in [4.78, 5) is 40.4. The lowest BCUT2D eigenvalue weighted by Gasteiger charge is -2.26. The lowest BCUT2D eigenvalue weighted by molar-refractivity contribution is -0.142. The molecule has 0 bridgehead atoms. The zero-order chi connectivity index (χ0) is 17.3. The van der Waals surface area contributed by atoms with Crippen molar-refractivity contribution in [1.82, 2.24) is 24.1 Å². The average molecular weight is 335 g/mol. The van der Waals surface area contributed by atoms with Gasteiger partial charge in [-0.2, -0.15) is 5.10 Å². The predicted molar refractivity (Wildman–Crippen MR) is 87.5 cm³/mol. The maximum Gasteiger partial charge on any atom is 0.346 e. The van der Waals surface area contributed by atoms with Crippen molar-refractivity contribution in [3.05, 3.63) is 16.3 Å². The highest BCUT2D eigenvalue weighted by molar-refractivity contribution is 5.87. The molecule has 1 unspecified atom stereocenters. The molecule has 3 rings (SSSR count). The Morgan fingerprint density at radius 3 is 2.71 bits per heavy atom. The van der Waals surface area contributed by atoms with Gasteiger partial charge in [0.15, 0.2) is 0 Å². The molecule has 8 heteroatoms. The van der Waals surface area contributed by atoms with Gasteiger partial charge in [0.25, 0.3) is 0 Å². The van der Waals surface area contributed by atoms with Crippen LogP contribution in [0.1, 0.15) is 37.9 Å². The summed E-state index contributed by atoms with van der Waals surface area (Å²) in [5.41, 5.74) is -0.213. The zero-order valence-corrected chi connectivity index (χ0v) is 14.4. The Labute approximate surface area is 141 Å². The van der Waals surface area contributed by atoms with Gasteiger partial charge in [-0.25, -0.2) is 9.48 Å². The Morgan fingerprint density at radius 2 is 1.96 bits per heavy atom. The smallest absolute Gasteiger partial charge is 0.346 e. The molecule has 1 aromatic rings. The summed E-state index contributed by atoms with van der Waals surface area (Å²) in [6, 6.07) is -0.413. The fourth-order valence-corrected chi connectivity index (χ4v) is 3.57. The van der Waals surface area contributed by atoms with E-state index in [1.807, 2.05) is 0 Å². The molecular formula is C16H25N5O3. The van der Waals surface area contributed by atoms with Crippen molar-refractivity contribution in [2.75, 3.05) is 20.6 Å². The van der Waals surface area contributed by atoms with Crippen molar-refractivity contribution in [3.8, 4) is 0 Å². The van der Waals surface area contributed by atoms with E-state index in [9.17, 15) is 14.4 Å². The van der Waals surface area contributed by atoms with Gasteiger partial charge in [-0.05, 0) is 25.7 Å². The van der Waals surface area contributed by atoms with E-state index in [2.05, 4.69) is 5.10 Å². The monoisotopic (exact) mass is 335 g/mol. The van der Waals surface area contributed by atoms with Crippen molar-refractivity contribution >= 4 is 11.8 Å². The third kappa shape index (κ3) is 3.09. The molecule has 0 saturated carbocycles. The first-order chi connectivity index (χ1) is 11.5. The van der Waals surface area contributed by atoms with Crippen LogP contribution in [0.15, 0.2) is 4.79 Å². The highest BCUT2D eigenvalue weighted by Crippen LogP contribution is 2.19. The van der Waals surface area contributed by atoms with E-state index in [0.29, 0.717) is 19.5 Å². The second-order valence-electron chi connectivity index (χ2n) is 6.80. The van der Waals surface area contributed by atoms with Gasteiger partial charge >= 0.3 is 5.69 Å². The highest BCUT2D eigenvalue weighted by Gasteiger charge is 2.35. The molecule has 2 amide bonds. The molecule has 0 radical (unpaired) electrons. The molecule has 1 saturated heterocycles. The minimum Gasteiger partial charge on any atom is -0.347 e. The Bertz CT molecular complexity index is 690. The minimum atomic E-state index is -0.413. The van der Waals surface area contributed by atoms with Gasteiger partial charge in [-0.15, -0.1) is 0 Å². The van der Waals surface area contributed by atoms with Crippen LogP contribution >= 0.6 is 0 Å². The molecule has 0 aromatic carbocycles. The van der Waals surface area contributed by atoms with Crippen molar-refractivity contribution < 1.29 is 9.59 Å². The second-order valence-corrected chi connectivity index (χ2v) is 6.80. The topological polar surface area (TPSA) is 80.4 Å². The number of carbonyl (C=O) groups excluding carboxylic acids is 2. The molecule has 2 aliphatic rings. The quantitative estimate of drug-likeness (QED) is 0.769. The van der Waals surface area contributed by atoms with E-state index >= 15 is 0 Å². The van der Waals surface area contributed by atoms with Crippen LogP contribution in [0.3, 0.4) is 0 Å². The van der Waals surface area contributed by atoms with Gasteiger partial charge in [0.05, 0.1) is 0 Å². The predicted octanol–water partition coefficient (Wildman–Crippen LogP) is -0.150. The maximum atomic E-state index is 12.6. The fourth-order valence-electron chi connectivity index (χ4n) is 3.57. The Kier molecular flexibility index (Phi) is 4.73. The first-order valence-electron chi connectivity index (χ1n) is 8.66. The van der Waals surface area contributed by atoms with Gasteiger partial charge in [-0.1, -0.05) is 6.42 Å². The van der Waals surface area contributed by atoms with Crippen molar-refractivity contribution in [3.63, 3.8) is 0 Å². The molecule has 0 aliphatic carbocycles. The molecule has 1 atom stereocenters. The lowest BCUT2D eigenvalue weighted by atomic mass is 10.2. The highest BCUT2D eigenvalue weighted by atomic mass is 16.2. The van der Waals surface area contributed by atoms with Crippen LogP contribution in [0.2, 0.25) is 0 Å². The number of amides is 2. The molecule has 3 heterocycles. The number of fused-ring (bicyclic) bond motifs is 1. The van der Waals surface area contributed by atoms with Gasteiger partial charge < -0.3 is 9.80 Å². The van der Waals surface area contributed by atoms with Crippen LogP contribution in [0.4, 0.5) is 0 Å². The van der Waals surface area contributed by atoms with Crippen LogP contribution in [0, 0.1) is 0 Å². The van der Waals surface area contributed by atoms with Crippen LogP contribution in [0.25, 0.3) is 0 Å². The van der Waals surface area contributed by atoms with E-state index in [-0.39, 0.29) is 24.0 Å². The number of likely N-dealkylation sites (N-methyl/N-ethyl adjacent to an activating group) is 1. The van der Waals surface area contributed by atoms with Crippen LogP contribution in [0.5, 0.6) is 0 Å². The molecule has 1 fully saturated rings. The summed E-state index contributed by atoms with van der Waals surface area (Å²) in [7, 11) is 3.39. The zero-order valence-electron chi connectivity index (χ0n) is 14.4. The molecule has 1 aromatic heterocycles. The summed E-state index contributed by atoms with van der Waals surface area (Å²) in [5, 5.41) is 4.35. The number of aromatic nitrogens is 3. The number of carbonyl (C=O) groups is 2. The molecule has 8 nitrogen and oxygen atoms in total. The number of hydrogen-bond donors (Lipinski definition) is 0. The van der Waals surface area contributed by atoms with E-state index in [1.165, 1.54) is 9.58 Å². The standard InChI is InChI=1S/C16H25N5O3/c1-18(2)15(23)12-7-6-10-19(12)14(22)11-21-16(24)20-9-5-3-4-8-13(20)17-21/h12H,3-11H2,1-2H3. The number of rotatable bonds is 3. The van der Waals surface area contributed by atoms with Crippen LogP contribution in [-0.2, 0) is 29.1 Å². The number of aryl methyl sites for hydroxylation is 1. The lowest BCUT2D eigenvalue weighted by Crippen LogP contribution is -2.47. The minimum absolute atomic E-state index is 0.0613. The Balaban J connectivity index is 1.75. The Hall–Kier alpha value is -2.12. The molecule has 24 heavy (non-hydrogen) atoms. The maximum absolute atomic E-state index is 12.6. The van der Waals surface area contributed by atoms with Gasteiger partial charge in [0, 0.05) is 33.6 Å².